The van der Waals surface area contributed by atoms with E-state index in [-0.39, 0.29) is 24.8 Å². The van der Waals surface area contributed by atoms with Crippen LogP contribution in [0.25, 0.3) is 28.1 Å². The Hall–Kier alpha value is -3.06. The number of pyridine rings is 1. The second kappa shape index (κ2) is 9.26. The summed E-state index contributed by atoms with van der Waals surface area (Å²) in [7, 11) is 0. The first-order chi connectivity index (χ1) is 18.7. The molecule has 0 bridgehead atoms. The van der Waals surface area contributed by atoms with Crippen LogP contribution in [0.3, 0.4) is 0 Å². The summed E-state index contributed by atoms with van der Waals surface area (Å²) < 4.78 is 19.1. The molecule has 3 N–H and O–H groups in total. The fraction of sp³-hybridized carbons (Fsp3) is 0.444. The van der Waals surface area contributed by atoms with Gasteiger partial charge in [0.25, 0.3) is 6.01 Å². The standard InChI is InChI=1S/C27H29ClN6O5/c1-27(2,36)13-33-9-15-10-34(32-19(15)11-33)16-5-3-14(4-6-16)23-17(28)7-18-25(30-23)31-26(29-18)39-22-8-21-24(38-22)20(35)12-37-21/h3-7,10,20-22,24,35-36H,8-9,11-13H2,1-2H3,(H,29,30,31)/t20-,21-,22+,24-/m1/s1. The second-order valence-corrected chi connectivity index (χ2v) is 11.5. The number of aromatic amines is 1. The summed E-state index contributed by atoms with van der Waals surface area (Å²) in [6.45, 7) is 6.03. The molecule has 0 radical (unpaired) electrons. The lowest BCUT2D eigenvalue weighted by Gasteiger charge is -2.24. The number of ether oxygens (including phenoxy) is 3. The van der Waals surface area contributed by atoms with Crippen LogP contribution in [0.15, 0.2) is 36.5 Å². The Morgan fingerprint density at radius 2 is 2.03 bits per heavy atom. The summed E-state index contributed by atoms with van der Waals surface area (Å²) in [5, 5.41) is 25.3. The zero-order valence-corrected chi connectivity index (χ0v) is 22.3. The Bertz CT molecular complexity index is 1510. The van der Waals surface area contributed by atoms with E-state index in [4.69, 9.17) is 30.9 Å². The third-order valence-corrected chi connectivity index (χ3v) is 7.56. The SMILES string of the molecule is CC(C)(O)CN1Cc2cn(-c3ccc(-c4nc5nc(O[C@H]6C[C@H]7OC[C@@H](O)[C@H]7O6)[nH]c5cc4Cl)cc3)nc2C1. The molecule has 11 nitrogen and oxygen atoms in total. The van der Waals surface area contributed by atoms with Crippen LogP contribution in [0.5, 0.6) is 6.01 Å². The minimum absolute atomic E-state index is 0.173. The van der Waals surface area contributed by atoms with E-state index in [1.807, 2.05) is 49.0 Å². The molecule has 3 aliphatic rings. The number of rotatable bonds is 6. The maximum atomic E-state index is 10.1. The average Bonchev–Trinajstić information content (AvgIpc) is 3.67. The molecule has 204 valence electrons. The topological polar surface area (TPSA) is 131 Å². The molecule has 4 atom stereocenters. The maximum Gasteiger partial charge on any atom is 0.298 e. The van der Waals surface area contributed by atoms with Crippen molar-refractivity contribution in [2.24, 2.45) is 0 Å². The van der Waals surface area contributed by atoms with Crippen molar-refractivity contribution in [2.75, 3.05) is 13.2 Å². The normalized spacial score (nSPS) is 24.9. The fourth-order valence-electron chi connectivity index (χ4n) is 5.60. The van der Waals surface area contributed by atoms with Crippen LogP contribution in [0, 0.1) is 0 Å². The molecule has 0 amide bonds. The van der Waals surface area contributed by atoms with Crippen molar-refractivity contribution in [2.45, 2.75) is 63.6 Å². The third kappa shape index (κ3) is 4.79. The zero-order chi connectivity index (χ0) is 26.9. The first-order valence-electron chi connectivity index (χ1n) is 13.0. The summed E-state index contributed by atoms with van der Waals surface area (Å²) in [6, 6.07) is 9.94. The Morgan fingerprint density at radius 1 is 1.21 bits per heavy atom. The predicted octanol–water partition coefficient (Wildman–Crippen LogP) is 2.80. The summed E-state index contributed by atoms with van der Waals surface area (Å²) >= 11 is 6.60. The monoisotopic (exact) mass is 552 g/mol. The zero-order valence-electron chi connectivity index (χ0n) is 21.5. The number of aromatic nitrogens is 5. The molecule has 0 saturated carbocycles. The number of fused-ring (bicyclic) bond motifs is 3. The number of hydrogen-bond acceptors (Lipinski definition) is 9. The summed E-state index contributed by atoms with van der Waals surface area (Å²) in [4.78, 5) is 14.4. The van der Waals surface area contributed by atoms with Gasteiger partial charge in [-0.3, -0.25) is 4.90 Å². The Morgan fingerprint density at radius 3 is 2.77 bits per heavy atom. The van der Waals surface area contributed by atoms with Gasteiger partial charge in [0.15, 0.2) is 5.65 Å². The quantitative estimate of drug-likeness (QED) is 0.330. The summed E-state index contributed by atoms with van der Waals surface area (Å²) in [5.41, 5.74) is 4.99. The van der Waals surface area contributed by atoms with Gasteiger partial charge in [0.1, 0.15) is 12.2 Å². The van der Waals surface area contributed by atoms with E-state index in [2.05, 4.69) is 19.9 Å². The molecule has 1 aromatic carbocycles. The number of nitrogens with one attached hydrogen (secondary N) is 1. The van der Waals surface area contributed by atoms with Crippen molar-refractivity contribution in [1.82, 2.24) is 29.6 Å². The first-order valence-corrected chi connectivity index (χ1v) is 13.4. The molecular formula is C27H29ClN6O5. The molecular weight excluding hydrogens is 524 g/mol. The highest BCUT2D eigenvalue weighted by Gasteiger charge is 2.46. The summed E-state index contributed by atoms with van der Waals surface area (Å²) in [6.07, 6.45) is 0.808. The molecule has 2 fully saturated rings. The van der Waals surface area contributed by atoms with Crippen molar-refractivity contribution in [1.29, 1.82) is 0 Å². The van der Waals surface area contributed by atoms with Gasteiger partial charge in [0, 0.05) is 43.4 Å². The van der Waals surface area contributed by atoms with Gasteiger partial charge in [-0.1, -0.05) is 23.7 Å². The van der Waals surface area contributed by atoms with Gasteiger partial charge in [-0.2, -0.15) is 10.1 Å². The van der Waals surface area contributed by atoms with Crippen LogP contribution in [-0.4, -0.2) is 83.2 Å². The van der Waals surface area contributed by atoms with Gasteiger partial charge < -0.3 is 29.4 Å². The fourth-order valence-corrected chi connectivity index (χ4v) is 5.86. The maximum absolute atomic E-state index is 10.1. The van der Waals surface area contributed by atoms with E-state index in [1.54, 1.807) is 6.07 Å². The second-order valence-electron chi connectivity index (χ2n) is 11.1. The molecule has 6 heterocycles. The number of H-pyrrole nitrogens is 1. The lowest BCUT2D eigenvalue weighted by molar-refractivity contribution is -0.103. The van der Waals surface area contributed by atoms with E-state index in [0.29, 0.717) is 34.8 Å². The number of benzene rings is 1. The van der Waals surface area contributed by atoms with Crippen LogP contribution in [0.1, 0.15) is 31.5 Å². The Balaban J connectivity index is 1.06. The van der Waals surface area contributed by atoms with Gasteiger partial charge in [-0.05, 0) is 32.0 Å². The molecule has 3 aliphatic heterocycles. The molecule has 7 rings (SSSR count). The predicted molar refractivity (Wildman–Crippen MR) is 142 cm³/mol. The van der Waals surface area contributed by atoms with Crippen molar-refractivity contribution >= 4 is 22.8 Å². The average molecular weight is 553 g/mol. The Labute approximate surface area is 229 Å². The largest absolute Gasteiger partial charge is 0.435 e. The molecule has 2 saturated heterocycles. The van der Waals surface area contributed by atoms with Crippen LogP contribution >= 0.6 is 11.6 Å². The number of β-amino-alcohol motifs (C(OH)–C–C–N with tert-alkyl or cyclic N) is 1. The first kappa shape index (κ1) is 24.9. The molecule has 0 unspecified atom stereocenters. The molecule has 4 aromatic rings. The number of aliphatic hydroxyl groups is 2. The van der Waals surface area contributed by atoms with Crippen LogP contribution < -0.4 is 4.74 Å². The van der Waals surface area contributed by atoms with Gasteiger partial charge in [-0.15, -0.1) is 0 Å². The molecule has 0 spiro atoms. The van der Waals surface area contributed by atoms with Crippen LogP contribution in [0.4, 0.5) is 0 Å². The minimum atomic E-state index is -0.735. The van der Waals surface area contributed by atoms with Gasteiger partial charge in [0.05, 0.1) is 45.9 Å². The molecule has 0 aliphatic carbocycles. The van der Waals surface area contributed by atoms with Crippen molar-refractivity contribution in [3.8, 4) is 23.0 Å². The number of nitrogens with zero attached hydrogens (tertiary/aromatic N) is 5. The number of hydrogen-bond donors (Lipinski definition) is 3. The third-order valence-electron chi connectivity index (χ3n) is 7.27. The number of imidazole rings is 1. The number of aliphatic hydroxyl groups excluding tert-OH is 1. The van der Waals surface area contributed by atoms with Gasteiger partial charge >= 0.3 is 0 Å². The van der Waals surface area contributed by atoms with E-state index in [1.165, 1.54) is 5.56 Å². The van der Waals surface area contributed by atoms with Crippen molar-refractivity contribution < 1.29 is 24.4 Å². The minimum Gasteiger partial charge on any atom is -0.435 e. The van der Waals surface area contributed by atoms with E-state index in [9.17, 15) is 10.2 Å². The highest BCUT2D eigenvalue weighted by Crippen LogP contribution is 2.34. The van der Waals surface area contributed by atoms with E-state index in [0.717, 1.165) is 30.0 Å². The van der Waals surface area contributed by atoms with E-state index < -0.39 is 18.0 Å². The molecule has 12 heteroatoms. The lowest BCUT2D eigenvalue weighted by atomic mass is 10.1. The van der Waals surface area contributed by atoms with E-state index >= 15 is 0 Å². The molecule has 39 heavy (non-hydrogen) atoms. The van der Waals surface area contributed by atoms with Crippen LogP contribution in [0.2, 0.25) is 5.02 Å². The van der Waals surface area contributed by atoms with Gasteiger partial charge in [0.2, 0.25) is 6.29 Å². The smallest absolute Gasteiger partial charge is 0.298 e. The van der Waals surface area contributed by atoms with Gasteiger partial charge in [-0.25, -0.2) is 9.67 Å². The number of halogens is 1. The Kier molecular flexibility index (Phi) is 5.92. The highest BCUT2D eigenvalue weighted by atomic mass is 35.5. The van der Waals surface area contributed by atoms with Crippen LogP contribution in [-0.2, 0) is 22.6 Å². The summed E-state index contributed by atoms with van der Waals surface area (Å²) in [5.74, 6) is 0. The lowest BCUT2D eigenvalue weighted by Crippen LogP contribution is -2.35. The highest BCUT2D eigenvalue weighted by molar-refractivity contribution is 6.33. The van der Waals surface area contributed by atoms with Crippen molar-refractivity contribution in [3.63, 3.8) is 0 Å². The van der Waals surface area contributed by atoms with Crippen molar-refractivity contribution in [3.05, 3.63) is 52.8 Å². The molecule has 3 aromatic heterocycles.